The largest absolute Gasteiger partial charge is 0.222 e. The summed E-state index contributed by atoms with van der Waals surface area (Å²) < 4.78 is 24.7. The summed E-state index contributed by atoms with van der Waals surface area (Å²) in [6.45, 7) is 8.31. The summed E-state index contributed by atoms with van der Waals surface area (Å²) in [5, 5.41) is 0. The number of alkyl halides is 1. The van der Waals surface area contributed by atoms with Crippen LogP contribution >= 0.6 is 22.6 Å². The monoisotopic (exact) mass is 378 g/mol. The molecule has 0 aromatic heterocycles. The number of sulfone groups is 1. The lowest BCUT2D eigenvalue weighted by Gasteiger charge is -2.21. The van der Waals surface area contributed by atoms with Gasteiger partial charge >= 0.3 is 0 Å². The summed E-state index contributed by atoms with van der Waals surface area (Å²) in [6.07, 6.45) is 0.757. The van der Waals surface area contributed by atoms with E-state index in [2.05, 4.69) is 43.4 Å². The topological polar surface area (TPSA) is 34.1 Å². The molecule has 0 spiro atoms. The van der Waals surface area contributed by atoms with Crippen LogP contribution in [0.25, 0.3) is 0 Å². The van der Waals surface area contributed by atoms with E-state index in [9.17, 15) is 8.42 Å². The molecule has 0 aliphatic heterocycles. The minimum atomic E-state index is -3.23. The van der Waals surface area contributed by atoms with Crippen LogP contribution in [-0.4, -0.2) is 11.2 Å². The summed E-state index contributed by atoms with van der Waals surface area (Å²) in [4.78, 5) is 0.453. The van der Waals surface area contributed by atoms with Gasteiger partial charge in [0.1, 0.15) is 2.75 Å². The molecule has 1 saturated carbocycles. The first-order chi connectivity index (χ1) is 8.09. The molecule has 1 fully saturated rings. The summed E-state index contributed by atoms with van der Waals surface area (Å²) in [5.74, 6) is 0.233. The zero-order valence-corrected chi connectivity index (χ0v) is 14.2. The van der Waals surface area contributed by atoms with Crippen LogP contribution in [0.2, 0.25) is 0 Å². The lowest BCUT2D eigenvalue weighted by molar-refractivity contribution is 0.349. The maximum Gasteiger partial charge on any atom is 0.193 e. The van der Waals surface area contributed by atoms with Crippen molar-refractivity contribution in [3.8, 4) is 0 Å². The molecule has 0 bridgehead atoms. The Hall–Kier alpha value is -0.100. The fourth-order valence-electron chi connectivity index (χ4n) is 2.38. The highest BCUT2D eigenvalue weighted by Crippen LogP contribution is 2.64. The summed E-state index contributed by atoms with van der Waals surface area (Å²) in [6, 6.07) is 7.18. The molecule has 1 aliphatic rings. The second kappa shape index (κ2) is 4.20. The third-order valence-electron chi connectivity index (χ3n) is 3.67. The Bertz CT molecular complexity index is 554. The van der Waals surface area contributed by atoms with Gasteiger partial charge in [-0.05, 0) is 36.8 Å². The summed E-state index contributed by atoms with van der Waals surface area (Å²) >= 11 is 2.14. The van der Waals surface area contributed by atoms with E-state index in [0.717, 1.165) is 12.0 Å². The molecular formula is C14H19IO2S. The van der Waals surface area contributed by atoms with Crippen molar-refractivity contribution in [2.24, 2.45) is 11.3 Å². The predicted octanol–water partition coefficient (Wildman–Crippen LogP) is 3.97. The zero-order valence-electron chi connectivity index (χ0n) is 11.2. The molecule has 2 rings (SSSR count). The van der Waals surface area contributed by atoms with Crippen molar-refractivity contribution in [1.29, 1.82) is 0 Å². The van der Waals surface area contributed by atoms with Crippen LogP contribution in [-0.2, 0) is 9.84 Å². The number of hydrogen-bond donors (Lipinski definition) is 0. The Labute approximate surface area is 123 Å². The molecule has 0 N–H and O–H groups in total. The summed E-state index contributed by atoms with van der Waals surface area (Å²) in [5.41, 5.74) is 1.12. The molecule has 18 heavy (non-hydrogen) atoms. The number of hydrogen-bond acceptors (Lipinski definition) is 2. The van der Waals surface area contributed by atoms with Gasteiger partial charge in [0.05, 0.1) is 4.90 Å². The number of rotatable bonds is 2. The van der Waals surface area contributed by atoms with Gasteiger partial charge in [-0.15, -0.1) is 0 Å². The average Bonchev–Trinajstić information content (AvgIpc) is 2.93. The molecule has 2 unspecified atom stereocenters. The zero-order chi connectivity index (χ0) is 13.8. The number of halogens is 1. The quantitative estimate of drug-likeness (QED) is 0.577. The van der Waals surface area contributed by atoms with Crippen molar-refractivity contribution >= 4 is 32.4 Å². The normalized spacial score (nSPS) is 28.2. The molecule has 0 radical (unpaired) electrons. The van der Waals surface area contributed by atoms with Crippen molar-refractivity contribution in [1.82, 2.24) is 0 Å². The number of aryl methyl sites for hydroxylation is 1. The van der Waals surface area contributed by atoms with Gasteiger partial charge in [-0.25, -0.2) is 8.42 Å². The smallest absolute Gasteiger partial charge is 0.193 e. The average molecular weight is 378 g/mol. The van der Waals surface area contributed by atoms with Crippen LogP contribution in [0, 0.1) is 18.3 Å². The van der Waals surface area contributed by atoms with Crippen molar-refractivity contribution in [2.75, 3.05) is 0 Å². The fraction of sp³-hybridized carbons (Fsp3) is 0.571. The standard InChI is InChI=1S/C14H19IO2S/c1-10-5-7-11(8-6-10)18(16,17)14(15)9-12(14)13(2,3)4/h5-8,12H,9H2,1-4H3. The van der Waals surface area contributed by atoms with Crippen LogP contribution in [0.3, 0.4) is 0 Å². The van der Waals surface area contributed by atoms with Crippen molar-refractivity contribution in [2.45, 2.75) is 41.8 Å². The summed E-state index contributed by atoms with van der Waals surface area (Å²) in [7, 11) is -3.23. The molecule has 0 saturated heterocycles. The van der Waals surface area contributed by atoms with E-state index in [1.807, 2.05) is 19.1 Å². The lowest BCUT2D eigenvalue weighted by atomic mass is 9.90. The van der Waals surface area contributed by atoms with Gasteiger partial charge in [0.2, 0.25) is 0 Å². The van der Waals surface area contributed by atoms with Crippen LogP contribution in [0.15, 0.2) is 29.2 Å². The maximum absolute atomic E-state index is 12.7. The second-order valence-electron chi connectivity index (χ2n) is 6.23. The molecule has 1 aromatic carbocycles. The van der Waals surface area contributed by atoms with Gasteiger partial charge in [0.25, 0.3) is 0 Å². The maximum atomic E-state index is 12.7. The van der Waals surface area contributed by atoms with Crippen LogP contribution in [0.1, 0.15) is 32.8 Å². The van der Waals surface area contributed by atoms with E-state index in [4.69, 9.17) is 0 Å². The minimum absolute atomic E-state index is 0.0406. The van der Waals surface area contributed by atoms with E-state index in [1.54, 1.807) is 12.1 Å². The van der Waals surface area contributed by atoms with E-state index in [-0.39, 0.29) is 11.3 Å². The van der Waals surface area contributed by atoms with Gasteiger partial charge in [-0.3, -0.25) is 0 Å². The Morgan fingerprint density at radius 3 is 2.11 bits per heavy atom. The predicted molar refractivity (Wildman–Crippen MR) is 82.7 cm³/mol. The van der Waals surface area contributed by atoms with E-state index >= 15 is 0 Å². The van der Waals surface area contributed by atoms with Gasteiger partial charge in [0, 0.05) is 0 Å². The molecule has 1 aromatic rings. The van der Waals surface area contributed by atoms with Crippen molar-refractivity contribution in [3.05, 3.63) is 29.8 Å². The van der Waals surface area contributed by atoms with Crippen molar-refractivity contribution in [3.63, 3.8) is 0 Å². The molecule has 0 heterocycles. The van der Waals surface area contributed by atoms with Crippen LogP contribution in [0.4, 0.5) is 0 Å². The Morgan fingerprint density at radius 1 is 1.22 bits per heavy atom. The van der Waals surface area contributed by atoms with Gasteiger partial charge in [-0.2, -0.15) is 0 Å². The molecule has 1 aliphatic carbocycles. The first kappa shape index (κ1) is 14.3. The van der Waals surface area contributed by atoms with Crippen LogP contribution < -0.4 is 0 Å². The minimum Gasteiger partial charge on any atom is -0.222 e. The van der Waals surface area contributed by atoms with E-state index in [1.165, 1.54) is 0 Å². The molecule has 0 amide bonds. The molecule has 2 nitrogen and oxygen atoms in total. The highest BCUT2D eigenvalue weighted by atomic mass is 127. The first-order valence-electron chi connectivity index (χ1n) is 6.09. The molecular weight excluding hydrogens is 359 g/mol. The van der Waals surface area contributed by atoms with Crippen molar-refractivity contribution < 1.29 is 8.42 Å². The van der Waals surface area contributed by atoms with Gasteiger partial charge in [-0.1, -0.05) is 61.1 Å². The Kier molecular flexibility index (Phi) is 3.34. The SMILES string of the molecule is Cc1ccc(S(=O)(=O)C2(I)CC2C(C)(C)C)cc1. The Balaban J connectivity index is 2.37. The van der Waals surface area contributed by atoms with E-state index < -0.39 is 12.6 Å². The highest BCUT2D eigenvalue weighted by molar-refractivity contribution is 14.1. The lowest BCUT2D eigenvalue weighted by Crippen LogP contribution is -2.24. The van der Waals surface area contributed by atoms with Gasteiger partial charge < -0.3 is 0 Å². The molecule has 4 heteroatoms. The third-order valence-corrected chi connectivity index (χ3v) is 8.84. The molecule has 100 valence electrons. The third kappa shape index (κ3) is 2.22. The van der Waals surface area contributed by atoms with Crippen LogP contribution in [0.5, 0.6) is 0 Å². The molecule has 2 atom stereocenters. The van der Waals surface area contributed by atoms with E-state index in [0.29, 0.717) is 4.90 Å². The number of benzene rings is 1. The highest BCUT2D eigenvalue weighted by Gasteiger charge is 2.65. The van der Waals surface area contributed by atoms with Gasteiger partial charge in [0.15, 0.2) is 9.84 Å². The first-order valence-corrected chi connectivity index (χ1v) is 8.65. The second-order valence-corrected chi connectivity index (χ2v) is 11.1. The fourth-order valence-corrected chi connectivity index (χ4v) is 6.52. The Morgan fingerprint density at radius 2 is 1.72 bits per heavy atom.